The molecule has 3 nitrogen and oxygen atoms in total. The molecule has 1 heterocycles. The second-order valence-corrected chi connectivity index (χ2v) is 5.75. The van der Waals surface area contributed by atoms with E-state index in [9.17, 15) is 9.18 Å². The Hall–Kier alpha value is -1.59. The summed E-state index contributed by atoms with van der Waals surface area (Å²) in [7, 11) is 0. The summed E-state index contributed by atoms with van der Waals surface area (Å²) in [5.74, 6) is -1.74. The zero-order chi connectivity index (χ0) is 14.0. The molecular weight excluding hydrogens is 289 g/mol. The summed E-state index contributed by atoms with van der Waals surface area (Å²) in [5.41, 5.74) is 0.292. The molecule has 0 aliphatic carbocycles. The molecule has 100 valence electrons. The number of thiophene rings is 1. The molecule has 19 heavy (non-hydrogen) atoms. The van der Waals surface area contributed by atoms with E-state index >= 15 is 0 Å². The number of halogens is 2. The fourth-order valence-electron chi connectivity index (χ4n) is 1.68. The predicted molar refractivity (Wildman–Crippen MR) is 74.7 cm³/mol. The number of benzene rings is 1. The Labute approximate surface area is 118 Å². The number of rotatable bonds is 4. The van der Waals surface area contributed by atoms with E-state index in [4.69, 9.17) is 16.7 Å². The number of carboxylic acids is 1. The molecule has 6 heteroatoms. The van der Waals surface area contributed by atoms with Crippen LogP contribution in [0.5, 0.6) is 0 Å². The van der Waals surface area contributed by atoms with Crippen molar-refractivity contribution >= 4 is 34.6 Å². The molecular formula is C13H11ClFNO2S. The Morgan fingerprint density at radius 3 is 2.74 bits per heavy atom. The largest absolute Gasteiger partial charge is 0.478 e. The first kappa shape index (κ1) is 13.8. The topological polar surface area (TPSA) is 49.3 Å². The highest BCUT2D eigenvalue weighted by Gasteiger charge is 2.15. The van der Waals surface area contributed by atoms with Crippen LogP contribution in [0.4, 0.5) is 10.1 Å². The normalized spacial score (nSPS) is 12.2. The van der Waals surface area contributed by atoms with Crippen LogP contribution in [0.25, 0.3) is 0 Å². The number of hydrogen-bond acceptors (Lipinski definition) is 3. The lowest BCUT2D eigenvalue weighted by atomic mass is 10.1. The van der Waals surface area contributed by atoms with Crippen LogP contribution >= 0.6 is 22.9 Å². The quantitative estimate of drug-likeness (QED) is 0.879. The lowest BCUT2D eigenvalue weighted by Gasteiger charge is -2.15. The van der Waals surface area contributed by atoms with Gasteiger partial charge in [-0.2, -0.15) is 0 Å². The van der Waals surface area contributed by atoms with E-state index in [1.54, 1.807) is 6.07 Å². The number of hydrogen-bond donors (Lipinski definition) is 2. The third-order valence-corrected chi connectivity index (χ3v) is 4.02. The first-order valence-electron chi connectivity index (χ1n) is 5.52. The summed E-state index contributed by atoms with van der Waals surface area (Å²) in [4.78, 5) is 12.0. The molecule has 0 bridgehead atoms. The maximum Gasteiger partial charge on any atom is 0.337 e. The van der Waals surface area contributed by atoms with Crippen LogP contribution in [0.2, 0.25) is 4.34 Å². The van der Waals surface area contributed by atoms with Gasteiger partial charge in [-0.25, -0.2) is 9.18 Å². The van der Waals surface area contributed by atoms with Crippen LogP contribution < -0.4 is 5.32 Å². The summed E-state index contributed by atoms with van der Waals surface area (Å²) < 4.78 is 13.7. The minimum Gasteiger partial charge on any atom is -0.478 e. The molecule has 0 radical (unpaired) electrons. The molecule has 1 atom stereocenters. The van der Waals surface area contributed by atoms with Crippen LogP contribution in [0, 0.1) is 5.82 Å². The van der Waals surface area contributed by atoms with Gasteiger partial charge in [0.25, 0.3) is 0 Å². The molecule has 2 aromatic rings. The van der Waals surface area contributed by atoms with Crippen molar-refractivity contribution in [2.24, 2.45) is 0 Å². The van der Waals surface area contributed by atoms with Gasteiger partial charge in [0, 0.05) is 10.6 Å². The molecule has 0 saturated heterocycles. The Morgan fingerprint density at radius 1 is 1.42 bits per heavy atom. The van der Waals surface area contributed by atoms with Gasteiger partial charge in [0.2, 0.25) is 0 Å². The van der Waals surface area contributed by atoms with Gasteiger partial charge in [-0.05, 0) is 37.3 Å². The van der Waals surface area contributed by atoms with Crippen LogP contribution in [-0.4, -0.2) is 11.1 Å². The third-order valence-electron chi connectivity index (χ3n) is 2.60. The van der Waals surface area contributed by atoms with Gasteiger partial charge in [0.15, 0.2) is 0 Å². The zero-order valence-corrected chi connectivity index (χ0v) is 11.6. The van der Waals surface area contributed by atoms with Gasteiger partial charge < -0.3 is 10.4 Å². The summed E-state index contributed by atoms with van der Waals surface area (Å²) in [5, 5.41) is 12.1. The van der Waals surface area contributed by atoms with Crippen molar-refractivity contribution in [1.82, 2.24) is 0 Å². The second-order valence-electron chi connectivity index (χ2n) is 4.00. The predicted octanol–water partition coefficient (Wildman–Crippen LogP) is 4.41. The van der Waals surface area contributed by atoms with Gasteiger partial charge in [0.05, 0.1) is 15.9 Å². The number of aromatic carboxylic acids is 1. The van der Waals surface area contributed by atoms with Crippen LogP contribution in [-0.2, 0) is 0 Å². The third kappa shape index (κ3) is 3.24. The Balaban J connectivity index is 2.26. The Kier molecular flexibility index (Phi) is 4.07. The molecule has 1 aromatic carbocycles. The summed E-state index contributed by atoms with van der Waals surface area (Å²) in [6.07, 6.45) is 0. The molecule has 0 aliphatic heterocycles. The molecule has 1 unspecified atom stereocenters. The Morgan fingerprint density at radius 2 is 2.16 bits per heavy atom. The monoisotopic (exact) mass is 299 g/mol. The van der Waals surface area contributed by atoms with Gasteiger partial charge in [-0.15, -0.1) is 11.3 Å². The SMILES string of the molecule is CC(Nc1ccc(F)cc1C(=O)O)c1ccc(Cl)s1. The van der Waals surface area contributed by atoms with Crippen molar-refractivity contribution in [2.75, 3.05) is 5.32 Å². The molecule has 0 fully saturated rings. The van der Waals surface area contributed by atoms with Gasteiger partial charge in [-0.1, -0.05) is 11.6 Å². The summed E-state index contributed by atoms with van der Waals surface area (Å²) in [6.45, 7) is 1.89. The van der Waals surface area contributed by atoms with Crippen LogP contribution in [0.15, 0.2) is 30.3 Å². The molecule has 0 spiro atoms. The fourth-order valence-corrected chi connectivity index (χ4v) is 2.75. The number of nitrogens with one attached hydrogen (secondary N) is 1. The van der Waals surface area contributed by atoms with E-state index in [0.29, 0.717) is 10.0 Å². The molecule has 0 saturated carbocycles. The lowest BCUT2D eigenvalue weighted by Crippen LogP contribution is -2.10. The van der Waals surface area contributed by atoms with E-state index in [1.165, 1.54) is 23.5 Å². The second kappa shape index (κ2) is 5.59. The highest BCUT2D eigenvalue weighted by Crippen LogP contribution is 2.30. The average Bonchev–Trinajstić information content (AvgIpc) is 2.78. The molecule has 1 aromatic heterocycles. The van der Waals surface area contributed by atoms with Crippen molar-refractivity contribution in [1.29, 1.82) is 0 Å². The zero-order valence-electron chi connectivity index (χ0n) is 9.98. The highest BCUT2D eigenvalue weighted by atomic mass is 35.5. The molecule has 2 N–H and O–H groups in total. The summed E-state index contributed by atoms with van der Waals surface area (Å²) >= 11 is 7.27. The highest BCUT2D eigenvalue weighted by molar-refractivity contribution is 7.16. The molecule has 0 aliphatic rings. The maximum absolute atomic E-state index is 13.1. The minimum atomic E-state index is -1.17. The van der Waals surface area contributed by atoms with Crippen molar-refractivity contribution in [2.45, 2.75) is 13.0 Å². The van der Waals surface area contributed by atoms with Crippen molar-refractivity contribution in [3.05, 3.63) is 50.9 Å². The van der Waals surface area contributed by atoms with Crippen molar-refractivity contribution < 1.29 is 14.3 Å². The molecule has 0 amide bonds. The lowest BCUT2D eigenvalue weighted by molar-refractivity contribution is 0.0697. The minimum absolute atomic E-state index is 0.0884. The standard InChI is InChI=1S/C13H11ClFNO2S/c1-7(11-4-5-12(14)19-11)16-10-3-2-8(15)6-9(10)13(17)18/h2-7,16H,1H3,(H,17,18). The first-order chi connectivity index (χ1) is 8.97. The van der Waals surface area contributed by atoms with Crippen molar-refractivity contribution in [3.8, 4) is 0 Å². The first-order valence-corrected chi connectivity index (χ1v) is 6.71. The number of carbonyl (C=O) groups is 1. The maximum atomic E-state index is 13.1. The van der Waals surface area contributed by atoms with Gasteiger partial charge in [-0.3, -0.25) is 0 Å². The van der Waals surface area contributed by atoms with E-state index in [-0.39, 0.29) is 11.6 Å². The van der Waals surface area contributed by atoms with Crippen LogP contribution in [0.3, 0.4) is 0 Å². The van der Waals surface area contributed by atoms with E-state index < -0.39 is 11.8 Å². The average molecular weight is 300 g/mol. The summed E-state index contributed by atoms with van der Waals surface area (Å²) in [6, 6.07) is 7.18. The smallest absolute Gasteiger partial charge is 0.337 e. The molecule has 2 rings (SSSR count). The Bertz CT molecular complexity index is 614. The number of anilines is 1. The number of carboxylic acid groups (broad SMARTS) is 1. The fraction of sp³-hybridized carbons (Fsp3) is 0.154. The van der Waals surface area contributed by atoms with Gasteiger partial charge >= 0.3 is 5.97 Å². The van der Waals surface area contributed by atoms with Gasteiger partial charge in [0.1, 0.15) is 5.82 Å². The van der Waals surface area contributed by atoms with E-state index in [1.807, 2.05) is 13.0 Å². The van der Waals surface area contributed by atoms with Crippen molar-refractivity contribution in [3.63, 3.8) is 0 Å². The van der Waals surface area contributed by atoms with E-state index in [2.05, 4.69) is 5.32 Å². The van der Waals surface area contributed by atoms with E-state index in [0.717, 1.165) is 10.9 Å². The van der Waals surface area contributed by atoms with Crippen LogP contribution in [0.1, 0.15) is 28.2 Å².